The fourth-order valence-electron chi connectivity index (χ4n) is 2.16. The normalized spacial score (nSPS) is 11.6. The molecule has 1 aromatic rings. The molecule has 0 spiro atoms. The fraction of sp³-hybridized carbons (Fsp3) is 0.529. The Morgan fingerprint density at radius 2 is 1.87 bits per heavy atom. The lowest BCUT2D eigenvalue weighted by molar-refractivity contribution is -0.156. The number of aromatic nitrogens is 1. The molecule has 0 radical (unpaired) electrons. The van der Waals surface area contributed by atoms with E-state index in [0.717, 1.165) is 4.90 Å². The first-order valence-corrected chi connectivity index (χ1v) is 10.2. The summed E-state index contributed by atoms with van der Waals surface area (Å²) < 4.78 is 24.7. The molecule has 168 valence electrons. The van der Waals surface area contributed by atoms with Crippen molar-refractivity contribution in [1.82, 2.24) is 9.88 Å². The summed E-state index contributed by atoms with van der Waals surface area (Å²) in [5.41, 5.74) is -0.378. The van der Waals surface area contributed by atoms with E-state index in [1.807, 2.05) is 0 Å². The zero-order valence-electron chi connectivity index (χ0n) is 17.4. The highest BCUT2D eigenvalue weighted by Crippen LogP contribution is 2.35. The number of carbonyl (C=O) groups excluding carboxylic acids is 3. The Bertz CT molecular complexity index is 819. The average molecular weight is 447 g/mol. The van der Waals surface area contributed by atoms with Crippen LogP contribution in [0.3, 0.4) is 0 Å². The monoisotopic (exact) mass is 447 g/mol. The molecule has 2 N–H and O–H groups in total. The third kappa shape index (κ3) is 9.31. The number of anilines is 1. The summed E-state index contributed by atoms with van der Waals surface area (Å²) in [4.78, 5) is 60.0. The summed E-state index contributed by atoms with van der Waals surface area (Å²) in [7, 11) is -3.35. The van der Waals surface area contributed by atoms with Crippen molar-refractivity contribution in [1.29, 1.82) is 0 Å². The molecule has 0 saturated carbocycles. The maximum absolute atomic E-state index is 12.4. The van der Waals surface area contributed by atoms with E-state index in [9.17, 15) is 18.9 Å². The van der Waals surface area contributed by atoms with Gasteiger partial charge in [-0.15, -0.1) is 0 Å². The fourth-order valence-corrected chi connectivity index (χ4v) is 2.35. The highest BCUT2D eigenvalue weighted by atomic mass is 31.2. The summed E-state index contributed by atoms with van der Waals surface area (Å²) in [6, 6.07) is 3.18. The molecule has 0 saturated heterocycles. The molecule has 0 fully saturated rings. The van der Waals surface area contributed by atoms with Gasteiger partial charge in [0.25, 0.3) is 0 Å². The smallest absolute Gasteiger partial charge is 0.459 e. The predicted octanol–water partition coefficient (Wildman–Crippen LogP) is 1.41. The van der Waals surface area contributed by atoms with Crippen LogP contribution in [0, 0.1) is 0 Å². The van der Waals surface area contributed by atoms with Crippen molar-refractivity contribution in [3.05, 3.63) is 23.9 Å². The second-order valence-electron chi connectivity index (χ2n) is 7.15. The van der Waals surface area contributed by atoms with Crippen LogP contribution in [0.4, 0.5) is 10.6 Å². The van der Waals surface area contributed by atoms with Gasteiger partial charge >= 0.3 is 19.9 Å². The van der Waals surface area contributed by atoms with Gasteiger partial charge in [-0.25, -0.2) is 18.9 Å². The van der Waals surface area contributed by atoms with Crippen molar-refractivity contribution in [3.8, 4) is 0 Å². The highest BCUT2D eigenvalue weighted by Gasteiger charge is 2.26. The second kappa shape index (κ2) is 10.5. The van der Waals surface area contributed by atoms with Gasteiger partial charge < -0.3 is 19.3 Å². The zero-order chi connectivity index (χ0) is 23.1. The number of phosphoric acid groups is 1. The van der Waals surface area contributed by atoms with Crippen LogP contribution < -0.4 is 4.90 Å². The first-order chi connectivity index (χ1) is 13.7. The highest BCUT2D eigenvalue weighted by molar-refractivity contribution is 7.46. The van der Waals surface area contributed by atoms with Crippen LogP contribution in [0.5, 0.6) is 0 Å². The maximum Gasteiger partial charge on any atom is 0.472 e. The van der Waals surface area contributed by atoms with Gasteiger partial charge in [-0.05, 0) is 26.8 Å². The van der Waals surface area contributed by atoms with Crippen molar-refractivity contribution < 1.29 is 42.7 Å². The third-order valence-electron chi connectivity index (χ3n) is 3.42. The molecule has 0 unspecified atom stereocenters. The summed E-state index contributed by atoms with van der Waals surface area (Å²) in [5, 5.41) is 0. The van der Waals surface area contributed by atoms with Crippen LogP contribution in [-0.4, -0.2) is 63.6 Å². The largest absolute Gasteiger partial charge is 0.472 e. The van der Waals surface area contributed by atoms with Gasteiger partial charge in [0.2, 0.25) is 12.7 Å². The van der Waals surface area contributed by atoms with Gasteiger partial charge in [-0.3, -0.25) is 19.4 Å². The summed E-state index contributed by atoms with van der Waals surface area (Å²) in [6.45, 7) is 4.55. The molecule has 0 atom stereocenters. The summed E-state index contributed by atoms with van der Waals surface area (Å²) in [5.74, 6) is -0.773. The van der Waals surface area contributed by atoms with Crippen LogP contribution >= 0.6 is 7.82 Å². The summed E-state index contributed by atoms with van der Waals surface area (Å²) in [6.07, 6.45) is 0.373. The Morgan fingerprint density at radius 1 is 1.23 bits per heavy atom. The second-order valence-corrected chi connectivity index (χ2v) is 8.39. The van der Waals surface area contributed by atoms with Gasteiger partial charge in [0, 0.05) is 25.7 Å². The van der Waals surface area contributed by atoms with E-state index < -0.39 is 38.8 Å². The Balaban J connectivity index is 3.06. The van der Waals surface area contributed by atoms with E-state index in [1.54, 1.807) is 32.9 Å². The SMILES string of the molecule is CC(=O)N(C)c1ncccc1CN(CC(=O)OC(C)(C)C)C(=O)OCOP(=O)(O)O. The molecule has 0 bridgehead atoms. The van der Waals surface area contributed by atoms with Gasteiger partial charge in [0.1, 0.15) is 18.0 Å². The molecule has 0 aliphatic rings. The van der Waals surface area contributed by atoms with Gasteiger partial charge in [-0.1, -0.05) is 6.07 Å². The molecule has 30 heavy (non-hydrogen) atoms. The number of ether oxygens (including phenoxy) is 2. The Hall–Kier alpha value is -2.53. The number of phosphoric ester groups is 1. The molecule has 0 aliphatic carbocycles. The van der Waals surface area contributed by atoms with E-state index in [0.29, 0.717) is 5.56 Å². The standard InChI is InChI=1S/C17H26N3O9P/c1-12(21)19(5)15-13(7-6-8-18-15)9-20(10-14(22)29-17(2,3)4)16(23)27-11-28-30(24,25)26/h6-8H,9-11H2,1-5H3,(H2,24,25,26). The van der Waals surface area contributed by atoms with Crippen LogP contribution in [0.15, 0.2) is 18.3 Å². The van der Waals surface area contributed by atoms with Crippen molar-refractivity contribution >= 4 is 31.6 Å². The number of esters is 1. The van der Waals surface area contributed by atoms with Gasteiger partial charge in [0.15, 0.2) is 0 Å². The van der Waals surface area contributed by atoms with Crippen molar-refractivity contribution in [2.24, 2.45) is 0 Å². The van der Waals surface area contributed by atoms with E-state index in [1.165, 1.54) is 25.1 Å². The number of nitrogens with zero attached hydrogens (tertiary/aromatic N) is 3. The minimum absolute atomic E-state index is 0.200. The maximum atomic E-state index is 12.4. The van der Waals surface area contributed by atoms with E-state index in [2.05, 4.69) is 9.51 Å². The molecular formula is C17H26N3O9P. The Kier molecular flexibility index (Phi) is 8.91. The molecule has 13 heteroatoms. The van der Waals surface area contributed by atoms with Gasteiger partial charge in [0.05, 0.1) is 6.54 Å². The van der Waals surface area contributed by atoms with Crippen LogP contribution in [0.2, 0.25) is 0 Å². The Labute approximate surface area is 174 Å². The first-order valence-electron chi connectivity index (χ1n) is 8.71. The zero-order valence-corrected chi connectivity index (χ0v) is 18.3. The quantitative estimate of drug-likeness (QED) is 0.339. The lowest BCUT2D eigenvalue weighted by atomic mass is 10.2. The molecule has 1 aromatic heterocycles. The third-order valence-corrected chi connectivity index (χ3v) is 3.86. The van der Waals surface area contributed by atoms with Crippen molar-refractivity contribution in [3.63, 3.8) is 0 Å². The number of pyridine rings is 1. The summed E-state index contributed by atoms with van der Waals surface area (Å²) >= 11 is 0. The van der Waals surface area contributed by atoms with Crippen LogP contribution in [-0.2, 0) is 34.7 Å². The number of amides is 2. The van der Waals surface area contributed by atoms with Crippen molar-refractivity contribution in [2.75, 3.05) is 25.3 Å². The number of hydrogen-bond acceptors (Lipinski definition) is 8. The average Bonchev–Trinajstić information content (AvgIpc) is 2.58. The molecule has 0 aromatic carbocycles. The molecule has 1 heterocycles. The topological polar surface area (TPSA) is 156 Å². The number of rotatable bonds is 8. The van der Waals surface area contributed by atoms with E-state index in [4.69, 9.17) is 19.3 Å². The minimum Gasteiger partial charge on any atom is -0.459 e. The van der Waals surface area contributed by atoms with Gasteiger partial charge in [-0.2, -0.15) is 0 Å². The number of hydrogen-bond donors (Lipinski definition) is 2. The molecule has 0 aliphatic heterocycles. The van der Waals surface area contributed by atoms with E-state index >= 15 is 0 Å². The Morgan fingerprint density at radius 3 is 2.40 bits per heavy atom. The van der Waals surface area contributed by atoms with E-state index in [-0.39, 0.29) is 18.3 Å². The molecule has 1 rings (SSSR count). The first kappa shape index (κ1) is 25.5. The minimum atomic E-state index is -4.85. The van der Waals surface area contributed by atoms with Crippen LogP contribution in [0.25, 0.3) is 0 Å². The van der Waals surface area contributed by atoms with Crippen LogP contribution in [0.1, 0.15) is 33.3 Å². The lowest BCUT2D eigenvalue weighted by Crippen LogP contribution is -2.39. The predicted molar refractivity (Wildman–Crippen MR) is 104 cm³/mol. The molecular weight excluding hydrogens is 421 g/mol. The molecule has 2 amide bonds. The lowest BCUT2D eigenvalue weighted by Gasteiger charge is -2.26. The molecule has 12 nitrogen and oxygen atoms in total. The van der Waals surface area contributed by atoms with Crippen molar-refractivity contribution in [2.45, 2.75) is 39.8 Å². The number of carbonyl (C=O) groups is 3.